The van der Waals surface area contributed by atoms with Gasteiger partial charge in [0.2, 0.25) is 0 Å². The van der Waals surface area contributed by atoms with Gasteiger partial charge < -0.3 is 5.32 Å². The Bertz CT molecular complexity index is 551. The summed E-state index contributed by atoms with van der Waals surface area (Å²) in [6.45, 7) is 9.61. The standard InChI is InChI=1S/C16H23N3S2/c1-5-10-17-15(14-8-6-11(2)7-9-14)12(3)20-16-19-18-13(4)21-16/h6-9,12,15,17H,5,10H2,1-4H3. The summed E-state index contributed by atoms with van der Waals surface area (Å²) < 4.78 is 1.05. The van der Waals surface area contributed by atoms with Gasteiger partial charge in [-0.05, 0) is 32.4 Å². The fourth-order valence-electron chi connectivity index (χ4n) is 2.18. The van der Waals surface area contributed by atoms with Crippen molar-refractivity contribution in [3.8, 4) is 0 Å². The Labute approximate surface area is 135 Å². The van der Waals surface area contributed by atoms with Crippen molar-refractivity contribution in [1.29, 1.82) is 0 Å². The van der Waals surface area contributed by atoms with Gasteiger partial charge in [-0.25, -0.2) is 0 Å². The molecule has 1 aromatic heterocycles. The molecule has 0 bridgehead atoms. The Morgan fingerprint density at radius 1 is 1.19 bits per heavy atom. The van der Waals surface area contributed by atoms with Crippen LogP contribution in [0, 0.1) is 13.8 Å². The van der Waals surface area contributed by atoms with E-state index in [1.54, 1.807) is 23.1 Å². The molecular formula is C16H23N3S2. The van der Waals surface area contributed by atoms with Gasteiger partial charge in [-0.3, -0.25) is 0 Å². The quantitative estimate of drug-likeness (QED) is 0.768. The van der Waals surface area contributed by atoms with Gasteiger partial charge in [-0.15, -0.1) is 10.2 Å². The van der Waals surface area contributed by atoms with Crippen molar-refractivity contribution in [3.05, 3.63) is 40.4 Å². The third kappa shape index (κ3) is 4.80. The number of rotatable bonds is 7. The van der Waals surface area contributed by atoms with Gasteiger partial charge in [-0.1, -0.05) is 66.8 Å². The predicted molar refractivity (Wildman–Crippen MR) is 92.2 cm³/mol. The minimum absolute atomic E-state index is 0.333. The fraction of sp³-hybridized carbons (Fsp3) is 0.500. The van der Waals surface area contributed by atoms with Gasteiger partial charge in [0.05, 0.1) is 0 Å². The third-order valence-corrected chi connectivity index (χ3v) is 5.41. The monoisotopic (exact) mass is 321 g/mol. The van der Waals surface area contributed by atoms with E-state index in [2.05, 4.69) is 60.6 Å². The lowest BCUT2D eigenvalue weighted by molar-refractivity contribution is 0.527. The number of hydrogen-bond acceptors (Lipinski definition) is 5. The number of aryl methyl sites for hydroxylation is 2. The van der Waals surface area contributed by atoms with Gasteiger partial charge in [0.15, 0.2) is 4.34 Å². The molecule has 0 saturated carbocycles. The van der Waals surface area contributed by atoms with Crippen molar-refractivity contribution in [2.45, 2.75) is 49.7 Å². The molecule has 2 atom stereocenters. The van der Waals surface area contributed by atoms with Crippen LogP contribution in [0.3, 0.4) is 0 Å². The van der Waals surface area contributed by atoms with Crippen LogP contribution in [0.15, 0.2) is 28.6 Å². The van der Waals surface area contributed by atoms with Crippen LogP contribution in [0.1, 0.15) is 42.4 Å². The smallest absolute Gasteiger partial charge is 0.174 e. The van der Waals surface area contributed by atoms with E-state index >= 15 is 0 Å². The van der Waals surface area contributed by atoms with Crippen LogP contribution in [-0.2, 0) is 0 Å². The van der Waals surface area contributed by atoms with Crippen LogP contribution >= 0.6 is 23.1 Å². The van der Waals surface area contributed by atoms with Crippen LogP contribution in [0.5, 0.6) is 0 Å². The molecule has 0 saturated heterocycles. The molecule has 21 heavy (non-hydrogen) atoms. The summed E-state index contributed by atoms with van der Waals surface area (Å²) in [7, 11) is 0. The zero-order chi connectivity index (χ0) is 15.2. The number of aromatic nitrogens is 2. The first-order valence-electron chi connectivity index (χ1n) is 7.37. The maximum absolute atomic E-state index is 4.23. The minimum Gasteiger partial charge on any atom is -0.309 e. The summed E-state index contributed by atoms with van der Waals surface area (Å²) in [5.74, 6) is 0. The van der Waals surface area contributed by atoms with E-state index in [0.717, 1.165) is 22.3 Å². The zero-order valence-corrected chi connectivity index (χ0v) is 14.7. The molecule has 2 rings (SSSR count). The first-order chi connectivity index (χ1) is 10.1. The number of thioether (sulfide) groups is 1. The Hall–Kier alpha value is -0.910. The molecule has 2 aromatic rings. The van der Waals surface area contributed by atoms with Crippen LogP contribution < -0.4 is 5.32 Å². The highest BCUT2D eigenvalue weighted by molar-refractivity contribution is 8.01. The maximum Gasteiger partial charge on any atom is 0.174 e. The van der Waals surface area contributed by atoms with Gasteiger partial charge in [-0.2, -0.15) is 0 Å². The Morgan fingerprint density at radius 3 is 2.48 bits per heavy atom. The van der Waals surface area contributed by atoms with Gasteiger partial charge in [0, 0.05) is 11.3 Å². The highest BCUT2D eigenvalue weighted by Gasteiger charge is 2.21. The van der Waals surface area contributed by atoms with E-state index in [0.29, 0.717) is 11.3 Å². The molecule has 1 aromatic carbocycles. The molecule has 0 aliphatic carbocycles. The molecule has 2 unspecified atom stereocenters. The third-order valence-electron chi connectivity index (χ3n) is 3.31. The van der Waals surface area contributed by atoms with Crippen molar-refractivity contribution in [2.75, 3.05) is 6.54 Å². The average molecular weight is 322 g/mol. The second-order valence-corrected chi connectivity index (χ2v) is 8.06. The number of hydrogen-bond donors (Lipinski definition) is 1. The SMILES string of the molecule is CCCNC(c1ccc(C)cc1)C(C)Sc1nnc(C)s1. The van der Waals surface area contributed by atoms with Gasteiger partial charge >= 0.3 is 0 Å². The zero-order valence-electron chi connectivity index (χ0n) is 13.1. The van der Waals surface area contributed by atoms with Crippen molar-refractivity contribution < 1.29 is 0 Å². The second kappa shape index (κ2) is 7.92. The van der Waals surface area contributed by atoms with E-state index in [4.69, 9.17) is 0 Å². The van der Waals surface area contributed by atoms with E-state index in [1.807, 2.05) is 6.92 Å². The minimum atomic E-state index is 0.333. The van der Waals surface area contributed by atoms with E-state index in [-0.39, 0.29) is 0 Å². The van der Waals surface area contributed by atoms with Crippen molar-refractivity contribution in [3.63, 3.8) is 0 Å². The molecule has 0 amide bonds. The lowest BCUT2D eigenvalue weighted by Gasteiger charge is -2.24. The number of nitrogens with one attached hydrogen (secondary N) is 1. The summed E-state index contributed by atoms with van der Waals surface area (Å²) in [4.78, 5) is 0. The molecule has 3 nitrogen and oxygen atoms in total. The molecule has 1 N–H and O–H groups in total. The van der Waals surface area contributed by atoms with E-state index in [1.165, 1.54) is 11.1 Å². The number of nitrogens with zero attached hydrogens (tertiary/aromatic N) is 2. The molecule has 0 fully saturated rings. The Kier molecular flexibility index (Phi) is 6.21. The highest BCUT2D eigenvalue weighted by Crippen LogP contribution is 2.33. The Morgan fingerprint density at radius 2 is 1.90 bits per heavy atom. The van der Waals surface area contributed by atoms with Gasteiger partial charge in [0.25, 0.3) is 0 Å². The predicted octanol–water partition coefficient (Wildman–Crippen LogP) is 4.38. The van der Waals surface area contributed by atoms with Gasteiger partial charge in [0.1, 0.15) is 5.01 Å². The average Bonchev–Trinajstić information content (AvgIpc) is 2.86. The largest absolute Gasteiger partial charge is 0.309 e. The highest BCUT2D eigenvalue weighted by atomic mass is 32.2. The Balaban J connectivity index is 2.12. The molecule has 0 aliphatic heterocycles. The molecule has 0 radical (unpaired) electrons. The summed E-state index contributed by atoms with van der Waals surface area (Å²) in [6.07, 6.45) is 1.14. The first kappa shape index (κ1) is 16.5. The first-order valence-corrected chi connectivity index (χ1v) is 9.06. The normalized spacial score (nSPS) is 14.1. The maximum atomic E-state index is 4.23. The lowest BCUT2D eigenvalue weighted by Crippen LogP contribution is -2.29. The van der Waals surface area contributed by atoms with Crippen molar-refractivity contribution in [1.82, 2.24) is 15.5 Å². The molecule has 0 spiro atoms. The molecule has 1 heterocycles. The van der Waals surface area contributed by atoms with Crippen LogP contribution in [0.4, 0.5) is 0 Å². The second-order valence-electron chi connectivity index (χ2n) is 5.25. The van der Waals surface area contributed by atoms with Crippen LogP contribution in [-0.4, -0.2) is 22.0 Å². The van der Waals surface area contributed by atoms with Crippen LogP contribution in [0.2, 0.25) is 0 Å². The van der Waals surface area contributed by atoms with Crippen molar-refractivity contribution in [2.24, 2.45) is 0 Å². The van der Waals surface area contributed by atoms with E-state index < -0.39 is 0 Å². The van der Waals surface area contributed by atoms with Crippen molar-refractivity contribution >= 4 is 23.1 Å². The summed E-state index contributed by atoms with van der Waals surface area (Å²) in [5.41, 5.74) is 2.64. The summed E-state index contributed by atoms with van der Waals surface area (Å²) in [6, 6.07) is 9.15. The van der Waals surface area contributed by atoms with Crippen LogP contribution in [0.25, 0.3) is 0 Å². The molecule has 5 heteroatoms. The lowest BCUT2D eigenvalue weighted by atomic mass is 10.0. The summed E-state index contributed by atoms with van der Waals surface area (Å²) in [5, 5.41) is 13.4. The molecule has 0 aliphatic rings. The topological polar surface area (TPSA) is 37.8 Å². The molecular weight excluding hydrogens is 298 g/mol. The molecule has 114 valence electrons. The van der Waals surface area contributed by atoms with E-state index in [9.17, 15) is 0 Å². The number of benzene rings is 1. The summed E-state index contributed by atoms with van der Waals surface area (Å²) >= 11 is 3.47. The fourth-order valence-corrected chi connectivity index (χ4v) is 4.40.